The second kappa shape index (κ2) is 7.36. The molecule has 0 radical (unpaired) electrons. The Morgan fingerprint density at radius 1 is 0.839 bits per heavy atom. The van der Waals surface area contributed by atoms with Crippen LogP contribution in [-0.2, 0) is 9.59 Å². The van der Waals surface area contributed by atoms with Crippen LogP contribution in [0, 0.1) is 11.6 Å². The number of fused-ring (bicyclic) bond motifs is 1. The van der Waals surface area contributed by atoms with E-state index in [4.69, 9.17) is 4.74 Å². The highest BCUT2D eigenvalue weighted by Crippen LogP contribution is 2.39. The monoisotopic (exact) mass is 418 g/mol. The van der Waals surface area contributed by atoms with Crippen molar-refractivity contribution < 1.29 is 23.1 Å². The van der Waals surface area contributed by atoms with Gasteiger partial charge >= 0.3 is 0 Å². The molecule has 5 nitrogen and oxygen atoms in total. The maximum atomic E-state index is 13.5. The number of carbonyl (C=O) groups is 2. The number of benzene rings is 3. The van der Waals surface area contributed by atoms with Crippen molar-refractivity contribution in [2.75, 3.05) is 23.4 Å². The Labute approximate surface area is 176 Å². The van der Waals surface area contributed by atoms with Crippen molar-refractivity contribution >= 4 is 34.3 Å². The number of halogens is 2. The number of hydrogen-bond donors (Lipinski definition) is 1. The van der Waals surface area contributed by atoms with Crippen molar-refractivity contribution in [2.24, 2.45) is 0 Å². The van der Waals surface area contributed by atoms with E-state index in [0.29, 0.717) is 33.8 Å². The molecule has 2 aliphatic rings. The Hall–Kier alpha value is -4.00. The van der Waals surface area contributed by atoms with Gasteiger partial charge in [-0.05, 0) is 65.2 Å². The minimum atomic E-state index is -0.402. The van der Waals surface area contributed by atoms with Crippen LogP contribution in [0.25, 0.3) is 11.1 Å². The molecular formula is C24H16F2N2O3. The molecule has 2 amide bonds. The molecule has 1 N–H and O–H groups in total. The SMILES string of the molecule is O=C1COc2ccc(C3=C(c4ccc(F)cc4)C(=O)N(c4ccc(F)cc4)C3)cc2N1. The first kappa shape index (κ1) is 19.0. The zero-order valence-electron chi connectivity index (χ0n) is 16.2. The summed E-state index contributed by atoms with van der Waals surface area (Å²) in [6.45, 7) is 0.192. The third-order valence-electron chi connectivity index (χ3n) is 5.31. The normalized spacial score (nSPS) is 15.6. The first-order chi connectivity index (χ1) is 15.0. The summed E-state index contributed by atoms with van der Waals surface area (Å²) in [6.07, 6.45) is 0. The second-order valence-corrected chi connectivity index (χ2v) is 7.28. The van der Waals surface area contributed by atoms with E-state index in [1.807, 2.05) is 6.07 Å². The van der Waals surface area contributed by atoms with Crippen molar-refractivity contribution in [1.82, 2.24) is 0 Å². The molecule has 3 aromatic rings. The summed E-state index contributed by atoms with van der Waals surface area (Å²) in [5, 5.41) is 2.77. The molecule has 5 rings (SSSR count). The fourth-order valence-corrected chi connectivity index (χ4v) is 3.82. The van der Waals surface area contributed by atoms with E-state index < -0.39 is 11.6 Å². The average Bonchev–Trinajstić information content (AvgIpc) is 3.11. The van der Waals surface area contributed by atoms with Crippen LogP contribution in [0.1, 0.15) is 11.1 Å². The first-order valence-electron chi connectivity index (χ1n) is 9.63. The number of amides is 2. The van der Waals surface area contributed by atoms with E-state index in [1.54, 1.807) is 41.3 Å². The predicted octanol–water partition coefficient (Wildman–Crippen LogP) is 4.25. The number of hydrogen-bond acceptors (Lipinski definition) is 3. The molecule has 7 heteroatoms. The highest BCUT2D eigenvalue weighted by Gasteiger charge is 2.33. The largest absolute Gasteiger partial charge is 0.482 e. The molecule has 3 aromatic carbocycles. The summed E-state index contributed by atoms with van der Waals surface area (Å²) in [5.74, 6) is -0.779. The number of ether oxygens (including phenoxy) is 1. The number of nitrogens with zero attached hydrogens (tertiary/aromatic N) is 1. The summed E-state index contributed by atoms with van der Waals surface area (Å²) in [4.78, 5) is 26.6. The fraction of sp³-hybridized carbons (Fsp3) is 0.0833. The molecule has 0 bridgehead atoms. The summed E-state index contributed by atoms with van der Waals surface area (Å²) in [6, 6.07) is 16.7. The van der Waals surface area contributed by atoms with Gasteiger partial charge in [0.1, 0.15) is 17.4 Å². The quantitative estimate of drug-likeness (QED) is 0.692. The number of rotatable bonds is 3. The van der Waals surface area contributed by atoms with Gasteiger partial charge in [0.2, 0.25) is 0 Å². The van der Waals surface area contributed by atoms with Gasteiger partial charge in [0.25, 0.3) is 11.8 Å². The Morgan fingerprint density at radius 3 is 2.19 bits per heavy atom. The summed E-state index contributed by atoms with van der Waals surface area (Å²) >= 11 is 0. The van der Waals surface area contributed by atoms with Gasteiger partial charge in [-0.3, -0.25) is 9.59 Å². The van der Waals surface area contributed by atoms with E-state index in [1.165, 1.54) is 24.3 Å². The Morgan fingerprint density at radius 2 is 1.48 bits per heavy atom. The molecule has 31 heavy (non-hydrogen) atoms. The lowest BCUT2D eigenvalue weighted by atomic mass is 9.96. The van der Waals surface area contributed by atoms with Crippen molar-refractivity contribution in [2.45, 2.75) is 0 Å². The highest BCUT2D eigenvalue weighted by molar-refractivity contribution is 6.36. The molecule has 0 atom stereocenters. The van der Waals surface area contributed by atoms with Crippen molar-refractivity contribution in [3.05, 3.63) is 89.5 Å². The van der Waals surface area contributed by atoms with Crippen LogP contribution in [0.2, 0.25) is 0 Å². The maximum Gasteiger partial charge on any atom is 0.262 e. The van der Waals surface area contributed by atoms with Crippen molar-refractivity contribution in [3.8, 4) is 5.75 Å². The summed E-state index contributed by atoms with van der Waals surface area (Å²) in [5.41, 5.74) is 3.50. The van der Waals surface area contributed by atoms with Gasteiger partial charge in [0.15, 0.2) is 6.61 Å². The Kier molecular flexibility index (Phi) is 4.51. The molecule has 0 saturated heterocycles. The fourth-order valence-electron chi connectivity index (χ4n) is 3.82. The van der Waals surface area contributed by atoms with Crippen molar-refractivity contribution in [3.63, 3.8) is 0 Å². The minimum Gasteiger partial charge on any atom is -0.482 e. The van der Waals surface area contributed by atoms with Gasteiger partial charge in [0, 0.05) is 5.69 Å². The minimum absolute atomic E-state index is 0.0489. The van der Waals surface area contributed by atoms with Gasteiger partial charge in [0.05, 0.1) is 17.8 Å². The summed E-state index contributed by atoms with van der Waals surface area (Å²) in [7, 11) is 0. The lowest BCUT2D eigenvalue weighted by molar-refractivity contribution is -0.118. The van der Waals surface area contributed by atoms with E-state index in [2.05, 4.69) is 5.32 Å². The molecule has 0 unspecified atom stereocenters. The van der Waals surface area contributed by atoms with Crippen LogP contribution in [0.4, 0.5) is 20.2 Å². The Bertz CT molecular complexity index is 1230. The lowest BCUT2D eigenvalue weighted by Gasteiger charge is -2.19. The van der Waals surface area contributed by atoms with Gasteiger partial charge in [-0.25, -0.2) is 8.78 Å². The van der Waals surface area contributed by atoms with Gasteiger partial charge in [-0.15, -0.1) is 0 Å². The molecule has 0 aromatic heterocycles. The molecule has 0 spiro atoms. The third kappa shape index (κ3) is 3.44. The highest BCUT2D eigenvalue weighted by atomic mass is 19.1. The van der Waals surface area contributed by atoms with Crippen LogP contribution < -0.4 is 15.0 Å². The average molecular weight is 418 g/mol. The van der Waals surface area contributed by atoms with Crippen molar-refractivity contribution in [1.29, 1.82) is 0 Å². The van der Waals surface area contributed by atoms with Gasteiger partial charge in [-0.2, -0.15) is 0 Å². The molecule has 2 aliphatic heterocycles. The zero-order valence-corrected chi connectivity index (χ0v) is 16.2. The van der Waals surface area contributed by atoms with E-state index in [0.717, 1.165) is 5.56 Å². The zero-order chi connectivity index (χ0) is 21.5. The topological polar surface area (TPSA) is 58.6 Å². The van der Waals surface area contributed by atoms with E-state index in [9.17, 15) is 18.4 Å². The summed E-state index contributed by atoms with van der Waals surface area (Å²) < 4.78 is 32.3. The van der Waals surface area contributed by atoms with Gasteiger partial charge < -0.3 is 15.0 Å². The van der Waals surface area contributed by atoms with E-state index >= 15 is 0 Å². The molecule has 0 saturated carbocycles. The molecule has 2 heterocycles. The lowest BCUT2D eigenvalue weighted by Crippen LogP contribution is -2.26. The second-order valence-electron chi connectivity index (χ2n) is 7.28. The van der Waals surface area contributed by atoms with Gasteiger partial charge in [-0.1, -0.05) is 18.2 Å². The number of nitrogens with one attached hydrogen (secondary N) is 1. The van der Waals surface area contributed by atoms with Crippen LogP contribution in [-0.4, -0.2) is 25.0 Å². The van der Waals surface area contributed by atoms with E-state index in [-0.39, 0.29) is 25.0 Å². The van der Waals surface area contributed by atoms with Crippen LogP contribution in [0.15, 0.2) is 66.7 Å². The smallest absolute Gasteiger partial charge is 0.262 e. The maximum absolute atomic E-state index is 13.5. The Balaban J connectivity index is 1.62. The number of anilines is 2. The third-order valence-corrected chi connectivity index (χ3v) is 5.31. The molecular weight excluding hydrogens is 402 g/mol. The van der Waals surface area contributed by atoms with Crippen LogP contribution in [0.5, 0.6) is 5.75 Å². The molecule has 0 aliphatic carbocycles. The first-order valence-corrected chi connectivity index (χ1v) is 9.63. The number of carbonyl (C=O) groups excluding carboxylic acids is 2. The van der Waals surface area contributed by atoms with Crippen LogP contribution in [0.3, 0.4) is 0 Å². The molecule has 0 fully saturated rings. The predicted molar refractivity (Wildman–Crippen MR) is 113 cm³/mol. The van der Waals surface area contributed by atoms with Crippen LogP contribution >= 0.6 is 0 Å². The standard InChI is InChI=1S/C24H16F2N2O3/c25-16-4-1-14(2-5-16)23-19(12-28(24(23)30)18-8-6-17(26)7-9-18)15-3-10-21-20(11-15)27-22(29)13-31-21/h1-11H,12-13H2,(H,27,29). The molecule has 154 valence electrons.